The van der Waals surface area contributed by atoms with Gasteiger partial charge in [0, 0.05) is 49.1 Å². The Morgan fingerprint density at radius 3 is 2.65 bits per heavy atom. The highest BCUT2D eigenvalue weighted by molar-refractivity contribution is 5.51. The van der Waals surface area contributed by atoms with E-state index in [0.717, 1.165) is 35.5 Å². The Morgan fingerprint density at radius 1 is 1.26 bits per heavy atom. The van der Waals surface area contributed by atoms with Crippen LogP contribution in [0.25, 0.3) is 0 Å². The first-order valence-corrected chi connectivity index (χ1v) is 7.81. The second-order valence-corrected chi connectivity index (χ2v) is 5.75. The molecule has 1 aliphatic rings. The van der Waals surface area contributed by atoms with Crippen LogP contribution in [0.1, 0.15) is 29.7 Å². The summed E-state index contributed by atoms with van der Waals surface area (Å²) in [5, 5.41) is 14.9. The van der Waals surface area contributed by atoms with Crippen molar-refractivity contribution in [3.8, 4) is 11.5 Å². The lowest BCUT2D eigenvalue weighted by Crippen LogP contribution is -2.33. The number of benzene rings is 1. The molecule has 2 heterocycles. The number of ether oxygens (including phenoxy) is 2. The van der Waals surface area contributed by atoms with E-state index in [1.165, 1.54) is 0 Å². The summed E-state index contributed by atoms with van der Waals surface area (Å²) in [6, 6.07) is 3.74. The van der Waals surface area contributed by atoms with Crippen LogP contribution in [-0.2, 0) is 19.6 Å². The summed E-state index contributed by atoms with van der Waals surface area (Å²) < 4.78 is 12.8. The molecule has 1 atom stereocenters. The minimum Gasteiger partial charge on any atom is -0.496 e. The van der Waals surface area contributed by atoms with Gasteiger partial charge in [-0.15, -0.1) is 0 Å². The number of aliphatic hydroxyl groups excluding tert-OH is 1. The Labute approximate surface area is 136 Å². The van der Waals surface area contributed by atoms with Crippen LogP contribution in [-0.4, -0.2) is 40.6 Å². The van der Waals surface area contributed by atoms with Crippen molar-refractivity contribution in [2.24, 2.45) is 0 Å². The number of fused-ring (bicyclic) bond motifs is 1. The predicted octanol–water partition coefficient (Wildman–Crippen LogP) is 1.97. The minimum atomic E-state index is -0.593. The van der Waals surface area contributed by atoms with Crippen LogP contribution in [0, 0.1) is 0 Å². The monoisotopic (exact) mass is 317 g/mol. The lowest BCUT2D eigenvalue weighted by molar-refractivity contribution is 0.0843. The molecule has 6 nitrogen and oxygen atoms in total. The number of rotatable bonds is 5. The van der Waals surface area contributed by atoms with Gasteiger partial charge in [0.25, 0.3) is 0 Å². The van der Waals surface area contributed by atoms with Crippen molar-refractivity contribution in [3.05, 3.63) is 41.2 Å². The van der Waals surface area contributed by atoms with E-state index in [1.807, 2.05) is 29.2 Å². The van der Waals surface area contributed by atoms with Gasteiger partial charge in [0.2, 0.25) is 0 Å². The summed E-state index contributed by atoms with van der Waals surface area (Å²) >= 11 is 0. The Balaban J connectivity index is 1.87. The van der Waals surface area contributed by atoms with Crippen LogP contribution in [0.2, 0.25) is 0 Å². The van der Waals surface area contributed by atoms with E-state index in [2.05, 4.69) is 16.9 Å². The van der Waals surface area contributed by atoms with Crippen molar-refractivity contribution >= 4 is 0 Å². The predicted molar refractivity (Wildman–Crippen MR) is 86.5 cm³/mol. The van der Waals surface area contributed by atoms with Crippen LogP contribution < -0.4 is 9.47 Å². The Bertz CT molecular complexity index is 684. The Morgan fingerprint density at radius 2 is 2.00 bits per heavy atom. The zero-order valence-corrected chi connectivity index (χ0v) is 13.8. The molecule has 6 heteroatoms. The highest BCUT2D eigenvalue weighted by atomic mass is 16.5. The summed E-state index contributed by atoms with van der Waals surface area (Å²) in [6.07, 6.45) is 3.34. The summed E-state index contributed by atoms with van der Waals surface area (Å²) in [4.78, 5) is 2.20. The van der Waals surface area contributed by atoms with E-state index in [9.17, 15) is 5.11 Å². The van der Waals surface area contributed by atoms with Crippen molar-refractivity contribution in [2.75, 3.05) is 20.8 Å². The van der Waals surface area contributed by atoms with Crippen LogP contribution >= 0.6 is 0 Å². The fraction of sp³-hybridized carbons (Fsp3) is 0.471. The van der Waals surface area contributed by atoms with Crippen LogP contribution in [0.4, 0.5) is 0 Å². The van der Waals surface area contributed by atoms with E-state index in [-0.39, 0.29) is 0 Å². The maximum atomic E-state index is 10.6. The first-order valence-electron chi connectivity index (χ1n) is 7.81. The Kier molecular flexibility index (Phi) is 4.54. The molecule has 1 aromatic heterocycles. The molecular weight excluding hydrogens is 294 g/mol. The summed E-state index contributed by atoms with van der Waals surface area (Å²) in [6.45, 7) is 4.94. The standard InChI is InChI=1S/C17H23N3O3/c1-4-20-9-12(7-18-20)8-19-10-13-15(22-2)5-6-16(23-3)17(13)14(21)11-19/h5-7,9,14,21H,4,8,10-11H2,1-3H3. The number of aliphatic hydroxyl groups is 1. The minimum absolute atomic E-state index is 0.563. The molecule has 1 aliphatic heterocycles. The van der Waals surface area contributed by atoms with Crippen LogP contribution in [0.5, 0.6) is 11.5 Å². The van der Waals surface area contributed by atoms with Gasteiger partial charge >= 0.3 is 0 Å². The lowest BCUT2D eigenvalue weighted by Gasteiger charge is -2.33. The summed E-state index contributed by atoms with van der Waals surface area (Å²) in [5.74, 6) is 1.50. The Hall–Kier alpha value is -2.05. The SMILES string of the molecule is CCn1cc(CN2Cc3c(OC)ccc(OC)c3C(O)C2)cn1. The molecule has 124 valence electrons. The molecule has 1 unspecified atom stereocenters. The molecule has 2 aromatic rings. The van der Waals surface area contributed by atoms with Gasteiger partial charge in [-0.1, -0.05) is 0 Å². The molecular formula is C17H23N3O3. The molecule has 0 saturated heterocycles. The fourth-order valence-electron chi connectivity index (χ4n) is 3.18. The smallest absolute Gasteiger partial charge is 0.125 e. The molecule has 0 aliphatic carbocycles. The number of hydrogen-bond acceptors (Lipinski definition) is 5. The molecule has 0 spiro atoms. The maximum absolute atomic E-state index is 10.6. The van der Waals surface area contributed by atoms with Crippen molar-refractivity contribution in [1.82, 2.24) is 14.7 Å². The van der Waals surface area contributed by atoms with Gasteiger partial charge in [-0.2, -0.15) is 5.10 Å². The van der Waals surface area contributed by atoms with Gasteiger partial charge in [-0.3, -0.25) is 9.58 Å². The second kappa shape index (κ2) is 6.60. The molecule has 1 N–H and O–H groups in total. The molecule has 0 amide bonds. The van der Waals surface area contributed by atoms with Crippen LogP contribution in [0.15, 0.2) is 24.5 Å². The number of hydrogen-bond donors (Lipinski definition) is 1. The second-order valence-electron chi connectivity index (χ2n) is 5.75. The molecule has 0 saturated carbocycles. The van der Waals surface area contributed by atoms with Gasteiger partial charge in [0.05, 0.1) is 26.5 Å². The molecule has 1 aromatic carbocycles. The maximum Gasteiger partial charge on any atom is 0.125 e. The average molecular weight is 317 g/mol. The van der Waals surface area contributed by atoms with Gasteiger partial charge < -0.3 is 14.6 Å². The number of β-amino-alcohol motifs (C(OH)–C–C–N with tert-alkyl or cyclic N) is 1. The number of aryl methyl sites for hydroxylation is 1. The molecule has 3 rings (SSSR count). The van der Waals surface area contributed by atoms with Gasteiger partial charge in [0.15, 0.2) is 0 Å². The fourth-order valence-corrected chi connectivity index (χ4v) is 3.18. The largest absolute Gasteiger partial charge is 0.496 e. The number of aromatic nitrogens is 2. The van der Waals surface area contributed by atoms with E-state index >= 15 is 0 Å². The first kappa shape index (κ1) is 15.8. The third-order valence-corrected chi connectivity index (χ3v) is 4.28. The first-order chi connectivity index (χ1) is 11.2. The zero-order valence-electron chi connectivity index (χ0n) is 13.8. The summed E-state index contributed by atoms with van der Waals surface area (Å²) in [7, 11) is 3.28. The van der Waals surface area contributed by atoms with Crippen molar-refractivity contribution in [2.45, 2.75) is 32.7 Å². The van der Waals surface area contributed by atoms with E-state index in [1.54, 1.807) is 14.2 Å². The van der Waals surface area contributed by atoms with Gasteiger partial charge in [0.1, 0.15) is 11.5 Å². The topological polar surface area (TPSA) is 59.8 Å². The van der Waals surface area contributed by atoms with Crippen molar-refractivity contribution in [3.63, 3.8) is 0 Å². The van der Waals surface area contributed by atoms with E-state index in [0.29, 0.717) is 18.8 Å². The van der Waals surface area contributed by atoms with E-state index in [4.69, 9.17) is 9.47 Å². The van der Waals surface area contributed by atoms with Crippen LogP contribution in [0.3, 0.4) is 0 Å². The van der Waals surface area contributed by atoms with Crippen molar-refractivity contribution in [1.29, 1.82) is 0 Å². The zero-order chi connectivity index (χ0) is 16.4. The molecule has 0 radical (unpaired) electrons. The average Bonchev–Trinajstić information content (AvgIpc) is 3.01. The molecule has 0 bridgehead atoms. The highest BCUT2D eigenvalue weighted by Crippen LogP contribution is 2.39. The highest BCUT2D eigenvalue weighted by Gasteiger charge is 2.29. The van der Waals surface area contributed by atoms with E-state index < -0.39 is 6.10 Å². The molecule has 0 fully saturated rings. The molecule has 23 heavy (non-hydrogen) atoms. The van der Waals surface area contributed by atoms with Gasteiger partial charge in [-0.05, 0) is 19.1 Å². The third kappa shape index (κ3) is 3.04. The normalized spacial score (nSPS) is 17.8. The summed E-state index contributed by atoms with van der Waals surface area (Å²) in [5.41, 5.74) is 2.98. The third-order valence-electron chi connectivity index (χ3n) is 4.28. The van der Waals surface area contributed by atoms with Crippen molar-refractivity contribution < 1.29 is 14.6 Å². The quantitative estimate of drug-likeness (QED) is 0.913. The lowest BCUT2D eigenvalue weighted by atomic mass is 9.95. The number of methoxy groups -OCH3 is 2. The van der Waals surface area contributed by atoms with Gasteiger partial charge in [-0.25, -0.2) is 0 Å². The number of nitrogens with zero attached hydrogens (tertiary/aromatic N) is 3.